The number of rotatable bonds is 3. The number of fused-ring (bicyclic) bond motifs is 1. The lowest BCUT2D eigenvalue weighted by atomic mass is 10.1. The van der Waals surface area contributed by atoms with Crippen LogP contribution in [0.15, 0.2) is 60.7 Å². The molecule has 0 heterocycles. The lowest BCUT2D eigenvalue weighted by molar-refractivity contribution is 0.632. The normalized spacial score (nSPS) is 10.8. The zero-order valence-corrected chi connectivity index (χ0v) is 11.9. The molecular formula is C18H17FN2. The molecule has 2 N–H and O–H groups in total. The first-order valence-electron chi connectivity index (χ1n) is 7.01. The van der Waals surface area contributed by atoms with Crippen LogP contribution in [0.3, 0.4) is 0 Å². The average Bonchev–Trinajstić information content (AvgIpc) is 2.52. The number of hydrogen-bond donors (Lipinski definition) is 1. The summed E-state index contributed by atoms with van der Waals surface area (Å²) in [7, 11) is 0. The highest BCUT2D eigenvalue weighted by Gasteiger charge is 2.14. The quantitative estimate of drug-likeness (QED) is 0.703. The molecule has 3 aromatic carbocycles. The van der Waals surface area contributed by atoms with E-state index in [9.17, 15) is 4.39 Å². The maximum atomic E-state index is 13.8. The van der Waals surface area contributed by atoms with Crippen molar-refractivity contribution >= 4 is 27.8 Å². The molecule has 0 spiro atoms. The molecule has 3 heteroatoms. The fourth-order valence-corrected chi connectivity index (χ4v) is 2.68. The van der Waals surface area contributed by atoms with Crippen molar-refractivity contribution < 1.29 is 4.39 Å². The van der Waals surface area contributed by atoms with Gasteiger partial charge in [0.05, 0.1) is 11.4 Å². The Morgan fingerprint density at radius 3 is 2.38 bits per heavy atom. The summed E-state index contributed by atoms with van der Waals surface area (Å²) < 4.78 is 13.8. The van der Waals surface area contributed by atoms with Gasteiger partial charge < -0.3 is 10.6 Å². The van der Waals surface area contributed by atoms with E-state index >= 15 is 0 Å². The summed E-state index contributed by atoms with van der Waals surface area (Å²) in [5.74, 6) is -0.383. The van der Waals surface area contributed by atoms with Gasteiger partial charge in [-0.25, -0.2) is 4.39 Å². The summed E-state index contributed by atoms with van der Waals surface area (Å²) in [4.78, 5) is 2.04. The highest BCUT2D eigenvalue weighted by Crippen LogP contribution is 2.35. The molecule has 0 atom stereocenters. The highest BCUT2D eigenvalue weighted by molar-refractivity contribution is 5.97. The minimum atomic E-state index is -0.383. The molecule has 3 rings (SSSR count). The number of hydrogen-bond acceptors (Lipinski definition) is 2. The predicted octanol–water partition coefficient (Wildman–Crippen LogP) is 4.72. The number of anilines is 3. The third-order valence-electron chi connectivity index (χ3n) is 3.69. The second-order valence-corrected chi connectivity index (χ2v) is 4.92. The van der Waals surface area contributed by atoms with E-state index in [1.807, 2.05) is 42.2 Å². The first-order valence-corrected chi connectivity index (χ1v) is 7.01. The van der Waals surface area contributed by atoms with Gasteiger partial charge in [0.2, 0.25) is 0 Å². The van der Waals surface area contributed by atoms with Crippen LogP contribution in [0, 0.1) is 5.82 Å². The van der Waals surface area contributed by atoms with Crippen molar-refractivity contribution in [3.8, 4) is 0 Å². The van der Waals surface area contributed by atoms with E-state index in [1.165, 1.54) is 6.07 Å². The van der Waals surface area contributed by atoms with Gasteiger partial charge in [0, 0.05) is 17.6 Å². The predicted molar refractivity (Wildman–Crippen MR) is 87.4 cm³/mol. The van der Waals surface area contributed by atoms with Gasteiger partial charge >= 0.3 is 0 Å². The zero-order valence-electron chi connectivity index (χ0n) is 11.9. The molecule has 0 bridgehead atoms. The van der Waals surface area contributed by atoms with Gasteiger partial charge in [-0.3, -0.25) is 0 Å². The molecular weight excluding hydrogens is 263 g/mol. The number of benzene rings is 3. The summed E-state index contributed by atoms with van der Waals surface area (Å²) >= 11 is 0. The summed E-state index contributed by atoms with van der Waals surface area (Å²) in [6.07, 6.45) is 0. The Bertz CT molecular complexity index is 778. The molecule has 0 aliphatic rings. The first kappa shape index (κ1) is 13.4. The Morgan fingerprint density at radius 1 is 0.905 bits per heavy atom. The lowest BCUT2D eigenvalue weighted by Gasteiger charge is -2.26. The van der Waals surface area contributed by atoms with E-state index in [-0.39, 0.29) is 11.5 Å². The Balaban J connectivity index is 2.21. The van der Waals surface area contributed by atoms with Crippen LogP contribution >= 0.6 is 0 Å². The zero-order chi connectivity index (χ0) is 14.8. The Kier molecular flexibility index (Phi) is 3.48. The topological polar surface area (TPSA) is 29.3 Å². The Morgan fingerprint density at radius 2 is 1.57 bits per heavy atom. The number of para-hydroxylation sites is 1. The van der Waals surface area contributed by atoms with E-state index in [0.717, 1.165) is 16.5 Å². The molecule has 106 valence electrons. The maximum Gasteiger partial charge on any atom is 0.148 e. The van der Waals surface area contributed by atoms with Crippen LogP contribution in [0.25, 0.3) is 10.8 Å². The molecule has 0 unspecified atom stereocenters. The minimum Gasteiger partial charge on any atom is -0.395 e. The molecule has 0 fully saturated rings. The first-order chi connectivity index (χ1) is 10.2. The van der Waals surface area contributed by atoms with Gasteiger partial charge in [-0.15, -0.1) is 0 Å². The van der Waals surface area contributed by atoms with Crippen molar-refractivity contribution in [2.24, 2.45) is 0 Å². The molecule has 0 aromatic heterocycles. The number of nitrogens with zero attached hydrogens (tertiary/aromatic N) is 1. The van der Waals surface area contributed by atoms with Gasteiger partial charge in [-0.1, -0.05) is 42.5 Å². The molecule has 0 saturated carbocycles. The average molecular weight is 280 g/mol. The van der Waals surface area contributed by atoms with Crippen LogP contribution in [-0.4, -0.2) is 6.54 Å². The highest BCUT2D eigenvalue weighted by atomic mass is 19.1. The van der Waals surface area contributed by atoms with Gasteiger partial charge in [-0.05, 0) is 30.5 Å². The lowest BCUT2D eigenvalue weighted by Crippen LogP contribution is -2.18. The maximum absolute atomic E-state index is 13.8. The molecule has 0 saturated heterocycles. The van der Waals surface area contributed by atoms with Crippen LogP contribution in [-0.2, 0) is 0 Å². The van der Waals surface area contributed by atoms with Crippen molar-refractivity contribution in [2.75, 3.05) is 17.2 Å². The molecule has 0 amide bonds. The smallest absolute Gasteiger partial charge is 0.148 e. The van der Waals surface area contributed by atoms with Gasteiger partial charge in [-0.2, -0.15) is 0 Å². The van der Waals surface area contributed by atoms with Crippen molar-refractivity contribution in [1.29, 1.82) is 0 Å². The van der Waals surface area contributed by atoms with Crippen LogP contribution in [0.5, 0.6) is 0 Å². The SMILES string of the molecule is CCN(c1cccc(F)c1N)c1cccc2ccccc12. The van der Waals surface area contributed by atoms with Gasteiger partial charge in [0.25, 0.3) is 0 Å². The summed E-state index contributed by atoms with van der Waals surface area (Å²) in [5, 5.41) is 2.29. The third kappa shape index (κ3) is 2.31. The van der Waals surface area contributed by atoms with Crippen LogP contribution in [0.4, 0.5) is 21.5 Å². The summed E-state index contributed by atoms with van der Waals surface area (Å²) in [6, 6.07) is 19.2. The van der Waals surface area contributed by atoms with E-state index in [4.69, 9.17) is 5.73 Å². The molecule has 2 nitrogen and oxygen atoms in total. The molecule has 0 radical (unpaired) electrons. The monoisotopic (exact) mass is 280 g/mol. The number of halogens is 1. The van der Waals surface area contributed by atoms with E-state index in [0.29, 0.717) is 12.2 Å². The Labute approximate surface area is 123 Å². The number of nitrogens with two attached hydrogens (primary N) is 1. The standard InChI is InChI=1S/C18H17FN2/c1-2-21(17-12-6-10-15(19)18(17)20)16-11-5-8-13-7-3-4-9-14(13)16/h3-12H,2,20H2,1H3. The Hall–Kier alpha value is -2.55. The second-order valence-electron chi connectivity index (χ2n) is 4.92. The van der Waals surface area contributed by atoms with Crippen molar-refractivity contribution in [2.45, 2.75) is 6.92 Å². The van der Waals surface area contributed by atoms with Crippen LogP contribution < -0.4 is 10.6 Å². The van der Waals surface area contributed by atoms with Gasteiger partial charge in [0.1, 0.15) is 5.82 Å². The van der Waals surface area contributed by atoms with Crippen LogP contribution in [0.2, 0.25) is 0 Å². The second kappa shape index (κ2) is 5.44. The fraction of sp³-hybridized carbons (Fsp3) is 0.111. The van der Waals surface area contributed by atoms with Crippen molar-refractivity contribution in [1.82, 2.24) is 0 Å². The molecule has 0 aliphatic carbocycles. The summed E-state index contributed by atoms with van der Waals surface area (Å²) in [6.45, 7) is 2.74. The minimum absolute atomic E-state index is 0.187. The van der Waals surface area contributed by atoms with E-state index < -0.39 is 0 Å². The largest absolute Gasteiger partial charge is 0.395 e. The van der Waals surface area contributed by atoms with E-state index in [1.54, 1.807) is 6.07 Å². The van der Waals surface area contributed by atoms with Crippen molar-refractivity contribution in [3.05, 3.63) is 66.5 Å². The summed E-state index contributed by atoms with van der Waals surface area (Å²) in [5.41, 5.74) is 7.85. The van der Waals surface area contributed by atoms with Crippen molar-refractivity contribution in [3.63, 3.8) is 0 Å². The molecule has 0 aliphatic heterocycles. The van der Waals surface area contributed by atoms with Gasteiger partial charge in [0.15, 0.2) is 0 Å². The molecule has 3 aromatic rings. The molecule has 21 heavy (non-hydrogen) atoms. The third-order valence-corrected chi connectivity index (χ3v) is 3.69. The van der Waals surface area contributed by atoms with E-state index in [2.05, 4.69) is 18.2 Å². The number of nitrogen functional groups attached to an aromatic ring is 1. The fourth-order valence-electron chi connectivity index (χ4n) is 2.68. The van der Waals surface area contributed by atoms with Crippen LogP contribution in [0.1, 0.15) is 6.92 Å².